The molecule has 1 N–H and O–H groups in total. The van der Waals surface area contributed by atoms with Crippen LogP contribution >= 0.6 is 0 Å². The first-order valence-electron chi connectivity index (χ1n) is 7.18. The first-order chi connectivity index (χ1) is 9.01. The number of carbonyl (C=O) groups is 2. The summed E-state index contributed by atoms with van der Waals surface area (Å²) < 4.78 is 0. The standard InChI is InChI=1S/C14H26N2O3/c1-4-5-12(11(2)3)14(19)16-8-6-15(7-9-16)13(18)10-17/h11-12,17H,4-10H2,1-3H3. The second-order valence-electron chi connectivity index (χ2n) is 5.50. The summed E-state index contributed by atoms with van der Waals surface area (Å²) in [6.07, 6.45) is 1.93. The predicted molar refractivity (Wildman–Crippen MR) is 73.5 cm³/mol. The maximum absolute atomic E-state index is 12.4. The van der Waals surface area contributed by atoms with Crippen LogP contribution in [0.25, 0.3) is 0 Å². The van der Waals surface area contributed by atoms with Gasteiger partial charge >= 0.3 is 0 Å². The summed E-state index contributed by atoms with van der Waals surface area (Å²) in [5, 5.41) is 8.82. The van der Waals surface area contributed by atoms with Crippen molar-refractivity contribution in [3.63, 3.8) is 0 Å². The van der Waals surface area contributed by atoms with Crippen LogP contribution in [0.5, 0.6) is 0 Å². The van der Waals surface area contributed by atoms with Gasteiger partial charge in [0.25, 0.3) is 0 Å². The molecule has 0 bridgehead atoms. The molecule has 1 rings (SSSR count). The molecule has 1 saturated heterocycles. The predicted octanol–water partition coefficient (Wildman–Crippen LogP) is 0.722. The lowest BCUT2D eigenvalue weighted by molar-refractivity contribution is -0.144. The molecule has 0 saturated carbocycles. The molecule has 5 heteroatoms. The molecule has 1 aliphatic rings. The van der Waals surface area contributed by atoms with Crippen LogP contribution < -0.4 is 0 Å². The van der Waals surface area contributed by atoms with E-state index in [9.17, 15) is 9.59 Å². The number of piperazine rings is 1. The van der Waals surface area contributed by atoms with Crippen molar-refractivity contribution in [3.8, 4) is 0 Å². The van der Waals surface area contributed by atoms with Crippen molar-refractivity contribution in [2.45, 2.75) is 33.6 Å². The summed E-state index contributed by atoms with van der Waals surface area (Å²) in [4.78, 5) is 27.3. The average molecular weight is 270 g/mol. The summed E-state index contributed by atoms with van der Waals surface area (Å²) in [6.45, 7) is 8.05. The molecule has 0 aliphatic carbocycles. The Morgan fingerprint density at radius 2 is 1.63 bits per heavy atom. The third-order valence-electron chi connectivity index (χ3n) is 3.80. The third-order valence-corrected chi connectivity index (χ3v) is 3.80. The minimum Gasteiger partial charge on any atom is -0.387 e. The van der Waals surface area contributed by atoms with Crippen LogP contribution in [-0.4, -0.2) is 59.5 Å². The summed E-state index contributed by atoms with van der Waals surface area (Å²) in [6, 6.07) is 0. The van der Waals surface area contributed by atoms with Gasteiger partial charge in [0.1, 0.15) is 6.61 Å². The molecule has 1 aliphatic heterocycles. The van der Waals surface area contributed by atoms with Crippen LogP contribution in [0.15, 0.2) is 0 Å². The summed E-state index contributed by atoms with van der Waals surface area (Å²) in [5.41, 5.74) is 0. The van der Waals surface area contributed by atoms with Gasteiger partial charge in [-0.3, -0.25) is 9.59 Å². The lowest BCUT2D eigenvalue weighted by Crippen LogP contribution is -2.53. The van der Waals surface area contributed by atoms with E-state index in [0.29, 0.717) is 32.1 Å². The van der Waals surface area contributed by atoms with Crippen LogP contribution in [0.4, 0.5) is 0 Å². The second kappa shape index (κ2) is 7.48. The smallest absolute Gasteiger partial charge is 0.248 e. The highest BCUT2D eigenvalue weighted by atomic mass is 16.3. The Bertz CT molecular complexity index is 310. The van der Waals surface area contributed by atoms with Crippen molar-refractivity contribution in [2.24, 2.45) is 11.8 Å². The van der Waals surface area contributed by atoms with E-state index in [1.165, 1.54) is 0 Å². The number of hydrogen-bond donors (Lipinski definition) is 1. The maximum atomic E-state index is 12.4. The summed E-state index contributed by atoms with van der Waals surface area (Å²) in [5.74, 6) is 0.406. The molecule has 0 aromatic heterocycles. The molecular weight excluding hydrogens is 244 g/mol. The zero-order chi connectivity index (χ0) is 14.4. The van der Waals surface area contributed by atoms with Crippen LogP contribution in [0.3, 0.4) is 0 Å². The molecule has 19 heavy (non-hydrogen) atoms. The Labute approximate surface area is 115 Å². The van der Waals surface area contributed by atoms with Gasteiger partial charge in [-0.1, -0.05) is 27.2 Å². The molecule has 1 heterocycles. The fraction of sp³-hybridized carbons (Fsp3) is 0.857. The topological polar surface area (TPSA) is 60.9 Å². The molecule has 0 radical (unpaired) electrons. The van der Waals surface area contributed by atoms with Crippen molar-refractivity contribution in [2.75, 3.05) is 32.8 Å². The van der Waals surface area contributed by atoms with Gasteiger partial charge in [0.15, 0.2) is 0 Å². The number of nitrogens with zero attached hydrogens (tertiary/aromatic N) is 2. The SMILES string of the molecule is CCCC(C(=O)N1CCN(C(=O)CO)CC1)C(C)C. The molecule has 1 unspecified atom stereocenters. The van der Waals surface area contributed by atoms with Gasteiger partial charge in [-0.2, -0.15) is 0 Å². The van der Waals surface area contributed by atoms with Crippen molar-refractivity contribution in [1.29, 1.82) is 0 Å². The van der Waals surface area contributed by atoms with Crippen molar-refractivity contribution < 1.29 is 14.7 Å². The zero-order valence-electron chi connectivity index (χ0n) is 12.3. The van der Waals surface area contributed by atoms with Crippen LogP contribution in [0, 0.1) is 11.8 Å². The van der Waals surface area contributed by atoms with Gasteiger partial charge in [0, 0.05) is 32.1 Å². The Hall–Kier alpha value is -1.10. The second-order valence-corrected chi connectivity index (χ2v) is 5.50. The zero-order valence-corrected chi connectivity index (χ0v) is 12.3. The van der Waals surface area contributed by atoms with Gasteiger partial charge in [-0.25, -0.2) is 0 Å². The molecule has 1 fully saturated rings. The monoisotopic (exact) mass is 270 g/mol. The first-order valence-corrected chi connectivity index (χ1v) is 7.18. The Morgan fingerprint density at radius 3 is 2.05 bits per heavy atom. The van der Waals surface area contributed by atoms with Gasteiger partial charge in [0.05, 0.1) is 0 Å². The summed E-state index contributed by atoms with van der Waals surface area (Å²) >= 11 is 0. The quantitative estimate of drug-likeness (QED) is 0.801. The van der Waals surface area contributed by atoms with Crippen molar-refractivity contribution in [3.05, 3.63) is 0 Å². The lowest BCUT2D eigenvalue weighted by atomic mass is 9.90. The van der Waals surface area contributed by atoms with Crippen LogP contribution in [0.2, 0.25) is 0 Å². The first kappa shape index (κ1) is 16.0. The number of hydrogen-bond acceptors (Lipinski definition) is 3. The average Bonchev–Trinajstić information content (AvgIpc) is 2.43. The van der Waals surface area contributed by atoms with E-state index in [1.54, 1.807) is 4.90 Å². The van der Waals surface area contributed by atoms with E-state index in [-0.39, 0.29) is 17.7 Å². The van der Waals surface area contributed by atoms with E-state index in [4.69, 9.17) is 5.11 Å². The molecule has 110 valence electrons. The Kier molecular flexibility index (Phi) is 6.28. The maximum Gasteiger partial charge on any atom is 0.248 e. The molecule has 0 aromatic rings. The van der Waals surface area contributed by atoms with E-state index in [1.807, 2.05) is 4.90 Å². The van der Waals surface area contributed by atoms with Crippen LogP contribution in [0.1, 0.15) is 33.6 Å². The van der Waals surface area contributed by atoms with E-state index in [2.05, 4.69) is 20.8 Å². The van der Waals surface area contributed by atoms with Crippen molar-refractivity contribution in [1.82, 2.24) is 9.80 Å². The highest BCUT2D eigenvalue weighted by Crippen LogP contribution is 2.20. The normalized spacial score (nSPS) is 17.7. The van der Waals surface area contributed by atoms with Gasteiger partial charge < -0.3 is 14.9 Å². The number of aliphatic hydroxyl groups is 1. The fourth-order valence-corrected chi connectivity index (χ4v) is 2.56. The number of aliphatic hydroxyl groups excluding tert-OH is 1. The minimum absolute atomic E-state index is 0.0880. The largest absolute Gasteiger partial charge is 0.387 e. The third kappa shape index (κ3) is 4.20. The molecule has 0 spiro atoms. The van der Waals surface area contributed by atoms with Gasteiger partial charge in [0.2, 0.25) is 11.8 Å². The van der Waals surface area contributed by atoms with E-state index in [0.717, 1.165) is 12.8 Å². The summed E-state index contributed by atoms with van der Waals surface area (Å²) in [7, 11) is 0. The van der Waals surface area contributed by atoms with Gasteiger partial charge in [-0.15, -0.1) is 0 Å². The van der Waals surface area contributed by atoms with Crippen molar-refractivity contribution >= 4 is 11.8 Å². The van der Waals surface area contributed by atoms with E-state index < -0.39 is 6.61 Å². The molecule has 5 nitrogen and oxygen atoms in total. The number of carbonyl (C=O) groups excluding carboxylic acids is 2. The number of rotatable bonds is 5. The molecule has 2 amide bonds. The minimum atomic E-state index is -0.446. The number of amides is 2. The Balaban J connectivity index is 2.54. The van der Waals surface area contributed by atoms with E-state index >= 15 is 0 Å². The Morgan fingerprint density at radius 1 is 1.11 bits per heavy atom. The highest BCUT2D eigenvalue weighted by molar-refractivity contribution is 5.80. The molecule has 1 atom stereocenters. The lowest BCUT2D eigenvalue weighted by Gasteiger charge is -2.37. The molecule has 0 aromatic carbocycles. The molecular formula is C14H26N2O3. The van der Waals surface area contributed by atoms with Gasteiger partial charge in [-0.05, 0) is 12.3 Å². The highest BCUT2D eigenvalue weighted by Gasteiger charge is 2.29. The van der Waals surface area contributed by atoms with Crippen LogP contribution in [-0.2, 0) is 9.59 Å². The fourth-order valence-electron chi connectivity index (χ4n) is 2.56.